The minimum atomic E-state index is -2.99. The van der Waals surface area contributed by atoms with Crippen LogP contribution in [0, 0.1) is 5.92 Å². The Balaban J connectivity index is 1.54. The van der Waals surface area contributed by atoms with E-state index in [1.54, 1.807) is 24.4 Å². The monoisotopic (exact) mass is 331 g/mol. The Morgan fingerprint density at radius 3 is 2.26 bits per heavy atom. The van der Waals surface area contributed by atoms with E-state index in [4.69, 9.17) is 4.52 Å². The van der Waals surface area contributed by atoms with Gasteiger partial charge in [-0.2, -0.15) is 0 Å². The summed E-state index contributed by atoms with van der Waals surface area (Å²) in [7, 11) is -2.99. The quantitative estimate of drug-likeness (QED) is 0.808. The van der Waals surface area contributed by atoms with Crippen LogP contribution < -0.4 is 0 Å². The van der Waals surface area contributed by atoms with Gasteiger partial charge >= 0.3 is 0 Å². The summed E-state index contributed by atoms with van der Waals surface area (Å²) in [4.78, 5) is 12.7. The molecule has 3 heterocycles. The van der Waals surface area contributed by atoms with E-state index in [-0.39, 0.29) is 22.2 Å². The largest absolute Gasteiger partial charge is 0.356 e. The Morgan fingerprint density at radius 2 is 1.70 bits per heavy atom. The summed E-state index contributed by atoms with van der Waals surface area (Å²) in [5.41, 5.74) is 1.50. The molecule has 0 aliphatic carbocycles. The van der Waals surface area contributed by atoms with Gasteiger partial charge in [0.2, 0.25) is 0 Å². The van der Waals surface area contributed by atoms with E-state index in [1.165, 1.54) is 0 Å². The number of fused-ring (bicyclic) bond motifs is 2. The van der Waals surface area contributed by atoms with Gasteiger partial charge in [-0.3, -0.25) is 4.79 Å². The summed E-state index contributed by atoms with van der Waals surface area (Å²) in [6.07, 6.45) is 3.94. The van der Waals surface area contributed by atoms with Crippen molar-refractivity contribution in [2.24, 2.45) is 5.92 Å². The number of rotatable bonds is 3. The lowest BCUT2D eigenvalue weighted by Gasteiger charge is -2.27. The van der Waals surface area contributed by atoms with Crippen molar-refractivity contribution in [3.05, 3.63) is 42.1 Å². The molecule has 2 saturated heterocycles. The van der Waals surface area contributed by atoms with Crippen molar-refractivity contribution in [3.8, 4) is 11.3 Å². The first-order valence-electron chi connectivity index (χ1n) is 7.84. The fourth-order valence-electron chi connectivity index (χ4n) is 3.82. The zero-order valence-corrected chi connectivity index (χ0v) is 13.3. The van der Waals surface area contributed by atoms with Crippen molar-refractivity contribution >= 4 is 15.6 Å². The fourth-order valence-corrected chi connectivity index (χ4v) is 6.30. The third-order valence-electron chi connectivity index (χ3n) is 5.10. The van der Waals surface area contributed by atoms with Crippen LogP contribution >= 0.6 is 0 Å². The molecule has 120 valence electrons. The minimum absolute atomic E-state index is 0.0564. The molecule has 1 aromatic carbocycles. The Kier molecular flexibility index (Phi) is 3.37. The number of Topliss-reactive ketones (excluding diaryl/α,β-unsaturated/α-hetero) is 1. The molecule has 4 rings (SSSR count). The van der Waals surface area contributed by atoms with Gasteiger partial charge in [0.05, 0.1) is 16.7 Å². The molecule has 1 aromatic heterocycles. The molecule has 2 aromatic rings. The van der Waals surface area contributed by atoms with E-state index < -0.39 is 9.84 Å². The third-order valence-corrected chi connectivity index (χ3v) is 7.81. The van der Waals surface area contributed by atoms with Gasteiger partial charge in [-0.25, -0.2) is 8.42 Å². The van der Waals surface area contributed by atoms with Gasteiger partial charge in [-0.15, -0.1) is 0 Å². The second kappa shape index (κ2) is 5.30. The number of hydrogen-bond donors (Lipinski definition) is 0. The molecule has 6 heteroatoms. The van der Waals surface area contributed by atoms with Crippen LogP contribution in [-0.2, 0) is 9.84 Å². The lowest BCUT2D eigenvalue weighted by molar-refractivity contribution is 0.0905. The number of sulfone groups is 1. The summed E-state index contributed by atoms with van der Waals surface area (Å²) < 4.78 is 29.4. The van der Waals surface area contributed by atoms with E-state index >= 15 is 0 Å². The molecule has 0 N–H and O–H groups in total. The maximum atomic E-state index is 12.7. The highest BCUT2D eigenvalue weighted by Crippen LogP contribution is 2.42. The Bertz CT molecular complexity index is 804. The zero-order valence-electron chi connectivity index (χ0n) is 12.5. The maximum Gasteiger partial charge on any atom is 0.166 e. The van der Waals surface area contributed by atoms with Crippen LogP contribution in [0.5, 0.6) is 0 Å². The van der Waals surface area contributed by atoms with Gasteiger partial charge in [-0.05, 0) is 25.7 Å². The second-order valence-corrected chi connectivity index (χ2v) is 8.91. The van der Waals surface area contributed by atoms with Gasteiger partial charge < -0.3 is 4.52 Å². The summed E-state index contributed by atoms with van der Waals surface area (Å²) in [5.74, 6) is 0.541. The number of benzene rings is 1. The van der Waals surface area contributed by atoms with E-state index in [0.29, 0.717) is 37.0 Å². The first kappa shape index (κ1) is 14.6. The number of carbonyl (C=O) groups is 1. The Morgan fingerprint density at radius 1 is 1.04 bits per heavy atom. The average Bonchev–Trinajstić information content (AvgIpc) is 3.09. The van der Waals surface area contributed by atoms with Crippen LogP contribution in [0.15, 0.2) is 41.1 Å². The van der Waals surface area contributed by atoms with E-state index in [2.05, 4.69) is 5.16 Å². The summed E-state index contributed by atoms with van der Waals surface area (Å²) in [6, 6.07) is 9.00. The van der Waals surface area contributed by atoms with Gasteiger partial charge in [0, 0.05) is 23.1 Å². The zero-order chi connectivity index (χ0) is 16.0. The van der Waals surface area contributed by atoms with Crippen molar-refractivity contribution < 1.29 is 17.7 Å². The fraction of sp³-hybridized carbons (Fsp3) is 0.412. The molecule has 2 unspecified atom stereocenters. The number of nitrogens with zero attached hydrogens (tertiary/aromatic N) is 1. The predicted octanol–water partition coefficient (Wildman–Crippen LogP) is 2.88. The van der Waals surface area contributed by atoms with Crippen molar-refractivity contribution in [3.63, 3.8) is 0 Å². The number of aromatic nitrogens is 1. The van der Waals surface area contributed by atoms with Crippen molar-refractivity contribution in [1.29, 1.82) is 0 Å². The Labute approximate surface area is 134 Å². The minimum Gasteiger partial charge on any atom is -0.356 e. The number of hydrogen-bond acceptors (Lipinski definition) is 5. The van der Waals surface area contributed by atoms with Gasteiger partial charge in [0.15, 0.2) is 21.4 Å². The topological polar surface area (TPSA) is 77.2 Å². The first-order chi connectivity index (χ1) is 11.1. The lowest BCUT2D eigenvalue weighted by Crippen LogP contribution is -2.36. The SMILES string of the molecule is O=C(c1ccc(-c2ccno2)cc1)C1CC2CCC(C1)S2(=O)=O. The van der Waals surface area contributed by atoms with Crippen molar-refractivity contribution in [2.75, 3.05) is 0 Å². The molecule has 0 amide bonds. The molecule has 2 aliphatic heterocycles. The van der Waals surface area contributed by atoms with E-state index in [0.717, 1.165) is 5.56 Å². The van der Waals surface area contributed by atoms with Gasteiger partial charge in [-0.1, -0.05) is 29.4 Å². The molecule has 2 bridgehead atoms. The summed E-state index contributed by atoms with van der Waals surface area (Å²) in [5, 5.41) is 3.04. The van der Waals surface area contributed by atoms with Crippen LogP contribution in [0.25, 0.3) is 11.3 Å². The molecule has 5 nitrogen and oxygen atoms in total. The summed E-state index contributed by atoms with van der Waals surface area (Å²) in [6.45, 7) is 0. The number of ketones is 1. The lowest BCUT2D eigenvalue weighted by atomic mass is 9.90. The molecule has 2 fully saturated rings. The smallest absolute Gasteiger partial charge is 0.166 e. The third kappa shape index (κ3) is 2.41. The highest BCUT2D eigenvalue weighted by Gasteiger charge is 2.48. The van der Waals surface area contributed by atoms with E-state index in [9.17, 15) is 13.2 Å². The summed E-state index contributed by atoms with van der Waals surface area (Å²) >= 11 is 0. The van der Waals surface area contributed by atoms with Crippen LogP contribution in [-0.4, -0.2) is 29.9 Å². The van der Waals surface area contributed by atoms with E-state index in [1.807, 2.05) is 12.1 Å². The molecule has 0 radical (unpaired) electrons. The van der Waals surface area contributed by atoms with Crippen LogP contribution in [0.2, 0.25) is 0 Å². The maximum absolute atomic E-state index is 12.7. The van der Waals surface area contributed by atoms with Crippen LogP contribution in [0.1, 0.15) is 36.0 Å². The molecule has 2 aliphatic rings. The normalized spacial score (nSPS) is 28.6. The van der Waals surface area contributed by atoms with Crippen LogP contribution in [0.3, 0.4) is 0 Å². The standard InChI is InChI=1S/C17H17NO4S/c19-17(13-9-14-5-6-15(10-13)23(14,20)21)12-3-1-11(2-4-12)16-7-8-18-22-16/h1-4,7-8,13-15H,5-6,9-10H2. The van der Waals surface area contributed by atoms with Crippen LogP contribution in [0.4, 0.5) is 0 Å². The molecule has 0 saturated carbocycles. The van der Waals surface area contributed by atoms with Crippen molar-refractivity contribution in [1.82, 2.24) is 5.16 Å². The average molecular weight is 331 g/mol. The highest BCUT2D eigenvalue weighted by molar-refractivity contribution is 7.93. The van der Waals surface area contributed by atoms with Gasteiger partial charge in [0.1, 0.15) is 0 Å². The van der Waals surface area contributed by atoms with Gasteiger partial charge in [0.25, 0.3) is 0 Å². The molecule has 23 heavy (non-hydrogen) atoms. The highest BCUT2D eigenvalue weighted by atomic mass is 32.2. The first-order valence-corrected chi connectivity index (χ1v) is 9.44. The number of carbonyl (C=O) groups excluding carboxylic acids is 1. The molecule has 0 spiro atoms. The molecular formula is C17H17NO4S. The molecule has 2 atom stereocenters. The Hall–Kier alpha value is -1.95. The van der Waals surface area contributed by atoms with Crippen molar-refractivity contribution in [2.45, 2.75) is 36.2 Å². The second-order valence-electron chi connectivity index (χ2n) is 6.40. The molecular weight excluding hydrogens is 314 g/mol. The predicted molar refractivity (Wildman–Crippen MR) is 84.7 cm³/mol.